The van der Waals surface area contributed by atoms with Crippen molar-refractivity contribution < 1.29 is 9.59 Å². The minimum Gasteiger partial charge on any atom is -0.397 e. The van der Waals surface area contributed by atoms with E-state index in [1.165, 1.54) is 18.5 Å². The van der Waals surface area contributed by atoms with Crippen molar-refractivity contribution in [3.8, 4) is 0 Å². The number of hydrogen-bond acceptors (Lipinski definition) is 4. The van der Waals surface area contributed by atoms with Crippen LogP contribution in [0.4, 0.5) is 5.69 Å². The third kappa shape index (κ3) is 4.10. The predicted octanol–water partition coefficient (Wildman–Crippen LogP) is -0.0802. The van der Waals surface area contributed by atoms with Gasteiger partial charge in [-0.3, -0.25) is 14.6 Å². The standard InChI is InChI=1S/C11H16N4O2/c1-2-14-10(16)4-6-15-11(17)8-3-5-13-7-9(8)12/h3,5,7H,2,4,6,12H2,1H3,(H,14,16)(H,15,17). The first-order valence-corrected chi connectivity index (χ1v) is 5.39. The van der Waals surface area contributed by atoms with E-state index >= 15 is 0 Å². The maximum absolute atomic E-state index is 11.7. The molecule has 0 aliphatic carbocycles. The van der Waals surface area contributed by atoms with Gasteiger partial charge in [0.1, 0.15) is 0 Å². The van der Waals surface area contributed by atoms with Crippen molar-refractivity contribution in [1.29, 1.82) is 0 Å². The van der Waals surface area contributed by atoms with Crippen LogP contribution in [0.3, 0.4) is 0 Å². The van der Waals surface area contributed by atoms with E-state index in [-0.39, 0.29) is 24.8 Å². The minimum atomic E-state index is -0.297. The maximum Gasteiger partial charge on any atom is 0.253 e. The molecular formula is C11H16N4O2. The molecule has 17 heavy (non-hydrogen) atoms. The molecule has 0 atom stereocenters. The summed E-state index contributed by atoms with van der Waals surface area (Å²) in [6, 6.07) is 1.54. The number of nitrogens with two attached hydrogens (primary N) is 1. The van der Waals surface area contributed by atoms with Crippen molar-refractivity contribution in [3.63, 3.8) is 0 Å². The molecule has 92 valence electrons. The largest absolute Gasteiger partial charge is 0.397 e. The van der Waals surface area contributed by atoms with Gasteiger partial charge in [0.15, 0.2) is 0 Å². The molecule has 0 radical (unpaired) electrons. The lowest BCUT2D eigenvalue weighted by atomic mass is 10.2. The number of aromatic nitrogens is 1. The number of nitrogens with zero attached hydrogens (tertiary/aromatic N) is 1. The van der Waals surface area contributed by atoms with Gasteiger partial charge in [-0.2, -0.15) is 0 Å². The van der Waals surface area contributed by atoms with Gasteiger partial charge in [0.05, 0.1) is 17.4 Å². The summed E-state index contributed by atoms with van der Waals surface area (Å²) in [7, 11) is 0. The summed E-state index contributed by atoms with van der Waals surface area (Å²) in [4.78, 5) is 26.6. The van der Waals surface area contributed by atoms with Crippen molar-refractivity contribution in [3.05, 3.63) is 24.0 Å². The molecule has 0 aromatic carbocycles. The highest BCUT2D eigenvalue weighted by Gasteiger charge is 2.09. The van der Waals surface area contributed by atoms with E-state index in [4.69, 9.17) is 5.73 Å². The van der Waals surface area contributed by atoms with Gasteiger partial charge in [-0.25, -0.2) is 0 Å². The topological polar surface area (TPSA) is 97.1 Å². The molecule has 0 saturated heterocycles. The van der Waals surface area contributed by atoms with E-state index in [0.717, 1.165) is 0 Å². The molecule has 1 aromatic heterocycles. The number of pyridine rings is 1. The smallest absolute Gasteiger partial charge is 0.253 e. The molecule has 1 aromatic rings. The van der Waals surface area contributed by atoms with Crippen LogP contribution in [-0.2, 0) is 4.79 Å². The summed E-state index contributed by atoms with van der Waals surface area (Å²) in [6.07, 6.45) is 3.17. The Morgan fingerprint density at radius 2 is 2.18 bits per heavy atom. The third-order valence-corrected chi connectivity index (χ3v) is 2.11. The third-order valence-electron chi connectivity index (χ3n) is 2.11. The van der Waals surface area contributed by atoms with Gasteiger partial charge in [0.25, 0.3) is 5.91 Å². The van der Waals surface area contributed by atoms with Crippen LogP contribution in [0.2, 0.25) is 0 Å². The average molecular weight is 236 g/mol. The Hall–Kier alpha value is -2.11. The zero-order valence-electron chi connectivity index (χ0n) is 9.69. The molecule has 0 saturated carbocycles. The monoisotopic (exact) mass is 236 g/mol. The van der Waals surface area contributed by atoms with Gasteiger partial charge < -0.3 is 16.4 Å². The van der Waals surface area contributed by atoms with E-state index in [9.17, 15) is 9.59 Å². The maximum atomic E-state index is 11.7. The van der Waals surface area contributed by atoms with Crippen LogP contribution in [0.25, 0.3) is 0 Å². The Morgan fingerprint density at radius 1 is 1.41 bits per heavy atom. The summed E-state index contributed by atoms with van der Waals surface area (Å²) in [5.41, 5.74) is 6.29. The Balaban J connectivity index is 2.41. The second kappa shape index (κ2) is 6.47. The van der Waals surface area contributed by atoms with Crippen molar-refractivity contribution in [2.45, 2.75) is 13.3 Å². The highest BCUT2D eigenvalue weighted by molar-refractivity contribution is 5.98. The van der Waals surface area contributed by atoms with E-state index in [0.29, 0.717) is 17.8 Å². The number of carbonyl (C=O) groups is 2. The summed E-state index contributed by atoms with van der Waals surface area (Å²) in [6.45, 7) is 2.71. The second-order valence-corrected chi connectivity index (χ2v) is 3.42. The molecule has 0 fully saturated rings. The molecule has 1 rings (SSSR count). The highest BCUT2D eigenvalue weighted by atomic mass is 16.2. The van der Waals surface area contributed by atoms with Crippen molar-refractivity contribution in [2.24, 2.45) is 0 Å². The SMILES string of the molecule is CCNC(=O)CCNC(=O)c1ccncc1N. The first-order chi connectivity index (χ1) is 8.15. The van der Waals surface area contributed by atoms with Crippen molar-refractivity contribution >= 4 is 17.5 Å². The molecule has 6 nitrogen and oxygen atoms in total. The lowest BCUT2D eigenvalue weighted by molar-refractivity contribution is -0.120. The lowest BCUT2D eigenvalue weighted by Crippen LogP contribution is -2.30. The number of anilines is 1. The van der Waals surface area contributed by atoms with Gasteiger partial charge in [-0.05, 0) is 13.0 Å². The van der Waals surface area contributed by atoms with Crippen LogP contribution in [0.5, 0.6) is 0 Å². The molecular weight excluding hydrogens is 220 g/mol. The summed E-state index contributed by atoms with van der Waals surface area (Å²) in [5.74, 6) is -0.385. The van der Waals surface area contributed by atoms with E-state index < -0.39 is 0 Å². The molecule has 0 bridgehead atoms. The van der Waals surface area contributed by atoms with Gasteiger partial charge in [0, 0.05) is 25.7 Å². The number of amides is 2. The summed E-state index contributed by atoms with van der Waals surface area (Å²) in [5, 5.41) is 5.27. The first-order valence-electron chi connectivity index (χ1n) is 5.39. The number of nitrogens with one attached hydrogen (secondary N) is 2. The molecule has 1 heterocycles. The fraction of sp³-hybridized carbons (Fsp3) is 0.364. The highest BCUT2D eigenvalue weighted by Crippen LogP contribution is 2.07. The number of carbonyl (C=O) groups excluding carboxylic acids is 2. The molecule has 0 aliphatic heterocycles. The molecule has 2 amide bonds. The Kier molecular flexibility index (Phi) is 4.93. The Bertz CT molecular complexity index is 406. The molecule has 0 aliphatic rings. The van der Waals surface area contributed by atoms with Crippen LogP contribution >= 0.6 is 0 Å². The van der Waals surface area contributed by atoms with Crippen LogP contribution in [0, 0.1) is 0 Å². The first kappa shape index (κ1) is 13.0. The summed E-state index contributed by atoms with van der Waals surface area (Å²) < 4.78 is 0. The number of nitrogen functional groups attached to an aromatic ring is 1. The van der Waals surface area contributed by atoms with Crippen LogP contribution in [-0.4, -0.2) is 29.9 Å². The zero-order chi connectivity index (χ0) is 12.7. The molecule has 6 heteroatoms. The van der Waals surface area contributed by atoms with Gasteiger partial charge in [0.2, 0.25) is 5.91 Å². The summed E-state index contributed by atoms with van der Waals surface area (Å²) >= 11 is 0. The minimum absolute atomic E-state index is 0.0875. The predicted molar refractivity (Wildman–Crippen MR) is 64.3 cm³/mol. The van der Waals surface area contributed by atoms with Crippen LogP contribution < -0.4 is 16.4 Å². The number of hydrogen-bond donors (Lipinski definition) is 3. The lowest BCUT2D eigenvalue weighted by Gasteiger charge is -2.06. The zero-order valence-corrected chi connectivity index (χ0v) is 9.69. The van der Waals surface area contributed by atoms with Crippen LogP contribution in [0.15, 0.2) is 18.5 Å². The van der Waals surface area contributed by atoms with Crippen molar-refractivity contribution in [1.82, 2.24) is 15.6 Å². The van der Waals surface area contributed by atoms with Gasteiger partial charge >= 0.3 is 0 Å². The molecule has 0 spiro atoms. The molecule has 4 N–H and O–H groups in total. The Morgan fingerprint density at radius 3 is 2.82 bits per heavy atom. The van der Waals surface area contributed by atoms with E-state index in [1.807, 2.05) is 6.92 Å². The Labute approximate surface area is 99.6 Å². The normalized spacial score (nSPS) is 9.71. The fourth-order valence-electron chi connectivity index (χ4n) is 1.28. The second-order valence-electron chi connectivity index (χ2n) is 3.42. The fourth-order valence-corrected chi connectivity index (χ4v) is 1.28. The van der Waals surface area contributed by atoms with Gasteiger partial charge in [-0.1, -0.05) is 0 Å². The quantitative estimate of drug-likeness (QED) is 0.666. The van der Waals surface area contributed by atoms with E-state index in [2.05, 4.69) is 15.6 Å². The van der Waals surface area contributed by atoms with Crippen molar-refractivity contribution in [2.75, 3.05) is 18.8 Å². The average Bonchev–Trinajstić information content (AvgIpc) is 2.29. The number of rotatable bonds is 5. The van der Waals surface area contributed by atoms with Crippen LogP contribution in [0.1, 0.15) is 23.7 Å². The molecule has 0 unspecified atom stereocenters. The van der Waals surface area contributed by atoms with Gasteiger partial charge in [-0.15, -0.1) is 0 Å². The van der Waals surface area contributed by atoms with E-state index in [1.54, 1.807) is 0 Å².